The third-order valence-electron chi connectivity index (χ3n) is 5.92. The molecule has 4 aromatic rings. The van der Waals surface area contributed by atoms with Gasteiger partial charge in [0.1, 0.15) is 23.4 Å². The molecule has 0 saturated carbocycles. The standard InChI is InChI=1S/C25H22O6/c1-29-21-10-14(7-9-17(21)26)25-19(28)11-16-15-8-6-13-4-3-5-18(27)23(13)24(15)22(30-2)12-20(16)31-25/h3-10,12,19,25-28H,11H2,1-2H3. The van der Waals surface area contributed by atoms with Gasteiger partial charge in [0.05, 0.1) is 20.3 Å². The van der Waals surface area contributed by atoms with Crippen LogP contribution in [0.1, 0.15) is 17.2 Å². The normalized spacial score (nSPS) is 17.9. The lowest BCUT2D eigenvalue weighted by Gasteiger charge is -2.32. The Hall–Kier alpha value is -3.64. The number of hydrogen-bond acceptors (Lipinski definition) is 6. The van der Waals surface area contributed by atoms with Crippen molar-refractivity contribution in [2.24, 2.45) is 0 Å². The summed E-state index contributed by atoms with van der Waals surface area (Å²) in [6.45, 7) is 0. The first-order chi connectivity index (χ1) is 15.0. The largest absolute Gasteiger partial charge is 0.507 e. The average molecular weight is 418 g/mol. The highest BCUT2D eigenvalue weighted by Crippen LogP contribution is 2.47. The van der Waals surface area contributed by atoms with Gasteiger partial charge in [0, 0.05) is 28.8 Å². The van der Waals surface area contributed by atoms with Crippen LogP contribution in [0.3, 0.4) is 0 Å². The number of fused-ring (bicyclic) bond motifs is 5. The Morgan fingerprint density at radius 2 is 1.68 bits per heavy atom. The molecule has 5 rings (SSSR count). The van der Waals surface area contributed by atoms with Crippen molar-refractivity contribution in [3.8, 4) is 28.7 Å². The maximum atomic E-state index is 10.9. The number of aliphatic hydroxyl groups excluding tert-OH is 1. The van der Waals surface area contributed by atoms with Crippen LogP contribution in [-0.4, -0.2) is 35.6 Å². The van der Waals surface area contributed by atoms with Gasteiger partial charge in [-0.25, -0.2) is 0 Å². The van der Waals surface area contributed by atoms with Crippen molar-refractivity contribution in [3.05, 3.63) is 65.7 Å². The molecule has 2 atom stereocenters. The highest BCUT2D eigenvalue weighted by atomic mass is 16.5. The lowest BCUT2D eigenvalue weighted by molar-refractivity contribution is 0.0211. The van der Waals surface area contributed by atoms with Gasteiger partial charge >= 0.3 is 0 Å². The minimum Gasteiger partial charge on any atom is -0.507 e. The van der Waals surface area contributed by atoms with Gasteiger partial charge in [0.25, 0.3) is 0 Å². The zero-order chi connectivity index (χ0) is 21.7. The monoisotopic (exact) mass is 418 g/mol. The number of rotatable bonds is 3. The molecule has 158 valence electrons. The van der Waals surface area contributed by atoms with E-state index in [0.717, 1.165) is 21.7 Å². The van der Waals surface area contributed by atoms with Crippen molar-refractivity contribution < 1.29 is 29.5 Å². The molecule has 1 aliphatic rings. The van der Waals surface area contributed by atoms with Crippen LogP contribution in [0.15, 0.2) is 54.6 Å². The number of benzene rings is 4. The van der Waals surface area contributed by atoms with E-state index in [0.29, 0.717) is 34.6 Å². The van der Waals surface area contributed by atoms with Gasteiger partial charge < -0.3 is 29.5 Å². The maximum absolute atomic E-state index is 10.9. The fourth-order valence-corrected chi connectivity index (χ4v) is 4.45. The van der Waals surface area contributed by atoms with Gasteiger partial charge in [0.2, 0.25) is 0 Å². The average Bonchev–Trinajstić information content (AvgIpc) is 2.78. The molecule has 1 heterocycles. The summed E-state index contributed by atoms with van der Waals surface area (Å²) in [5.74, 6) is 1.71. The van der Waals surface area contributed by atoms with Crippen molar-refractivity contribution in [1.29, 1.82) is 0 Å². The molecule has 6 heteroatoms. The van der Waals surface area contributed by atoms with Crippen LogP contribution in [0.2, 0.25) is 0 Å². The zero-order valence-electron chi connectivity index (χ0n) is 17.1. The quantitative estimate of drug-likeness (QED) is 0.426. The van der Waals surface area contributed by atoms with Gasteiger partial charge in [-0.2, -0.15) is 0 Å². The molecule has 0 amide bonds. The molecule has 3 N–H and O–H groups in total. The first kappa shape index (κ1) is 19.3. The topological polar surface area (TPSA) is 88.4 Å². The second kappa shape index (κ2) is 7.25. The Bertz CT molecular complexity index is 1310. The SMILES string of the molecule is COc1cc(C2Oc3cc(OC)c4c(ccc5cccc(O)c54)c3CC2O)ccc1O. The summed E-state index contributed by atoms with van der Waals surface area (Å²) in [5, 5.41) is 34.6. The summed E-state index contributed by atoms with van der Waals surface area (Å²) >= 11 is 0. The number of aromatic hydroxyl groups is 2. The van der Waals surface area contributed by atoms with Gasteiger partial charge in [-0.05, 0) is 34.5 Å². The van der Waals surface area contributed by atoms with E-state index in [-0.39, 0.29) is 11.5 Å². The second-order valence-electron chi connectivity index (χ2n) is 7.66. The molecule has 6 nitrogen and oxygen atoms in total. The van der Waals surface area contributed by atoms with Crippen molar-refractivity contribution in [3.63, 3.8) is 0 Å². The number of phenols is 2. The van der Waals surface area contributed by atoms with Crippen LogP contribution >= 0.6 is 0 Å². The Morgan fingerprint density at radius 1 is 0.871 bits per heavy atom. The van der Waals surface area contributed by atoms with E-state index in [9.17, 15) is 15.3 Å². The summed E-state index contributed by atoms with van der Waals surface area (Å²) in [6.07, 6.45) is -1.07. The van der Waals surface area contributed by atoms with Gasteiger partial charge in [-0.15, -0.1) is 0 Å². The predicted octanol–water partition coefficient (Wildman–Crippen LogP) is 4.46. The maximum Gasteiger partial charge on any atom is 0.160 e. The Balaban J connectivity index is 1.69. The molecule has 1 aliphatic heterocycles. The number of ether oxygens (including phenoxy) is 3. The molecule has 4 aromatic carbocycles. The van der Waals surface area contributed by atoms with Crippen LogP contribution in [0.5, 0.6) is 28.7 Å². The Morgan fingerprint density at radius 3 is 2.45 bits per heavy atom. The molecule has 31 heavy (non-hydrogen) atoms. The van der Waals surface area contributed by atoms with E-state index in [1.165, 1.54) is 13.2 Å². The van der Waals surface area contributed by atoms with Crippen molar-refractivity contribution >= 4 is 21.5 Å². The van der Waals surface area contributed by atoms with Gasteiger partial charge in [-0.1, -0.05) is 30.3 Å². The fraction of sp³-hybridized carbons (Fsp3) is 0.200. The van der Waals surface area contributed by atoms with Crippen LogP contribution in [0.25, 0.3) is 21.5 Å². The van der Waals surface area contributed by atoms with Crippen molar-refractivity contribution in [2.45, 2.75) is 18.6 Å². The van der Waals surface area contributed by atoms with Crippen LogP contribution in [0.4, 0.5) is 0 Å². The fourth-order valence-electron chi connectivity index (χ4n) is 4.45. The van der Waals surface area contributed by atoms with Crippen LogP contribution in [0, 0.1) is 0 Å². The van der Waals surface area contributed by atoms with E-state index in [4.69, 9.17) is 14.2 Å². The van der Waals surface area contributed by atoms with Gasteiger partial charge in [-0.3, -0.25) is 0 Å². The number of hydrogen-bond donors (Lipinski definition) is 3. The molecular formula is C25H22O6. The summed E-state index contributed by atoms with van der Waals surface area (Å²) in [5.41, 5.74) is 1.55. The molecule has 2 unspecified atom stereocenters. The molecule has 0 bridgehead atoms. The van der Waals surface area contributed by atoms with Crippen molar-refractivity contribution in [1.82, 2.24) is 0 Å². The van der Waals surface area contributed by atoms with Gasteiger partial charge in [0.15, 0.2) is 11.5 Å². The number of methoxy groups -OCH3 is 2. The minimum atomic E-state index is -0.807. The zero-order valence-corrected chi connectivity index (χ0v) is 17.1. The third kappa shape index (κ3) is 2.99. The Labute approximate surface area is 178 Å². The smallest absolute Gasteiger partial charge is 0.160 e. The molecule has 0 saturated heterocycles. The third-order valence-corrected chi connectivity index (χ3v) is 5.92. The summed E-state index contributed by atoms with van der Waals surface area (Å²) in [4.78, 5) is 0. The molecule has 0 radical (unpaired) electrons. The highest BCUT2D eigenvalue weighted by Gasteiger charge is 2.33. The number of phenolic OH excluding ortho intramolecular Hbond substituents is 2. The number of aliphatic hydroxyl groups is 1. The molecule has 0 aliphatic carbocycles. The van der Waals surface area contributed by atoms with Crippen molar-refractivity contribution in [2.75, 3.05) is 14.2 Å². The van der Waals surface area contributed by atoms with E-state index >= 15 is 0 Å². The van der Waals surface area contributed by atoms with E-state index in [2.05, 4.69) is 0 Å². The summed E-state index contributed by atoms with van der Waals surface area (Å²) < 4.78 is 17.1. The minimum absolute atomic E-state index is 0.0244. The van der Waals surface area contributed by atoms with Crippen LogP contribution < -0.4 is 14.2 Å². The lowest BCUT2D eigenvalue weighted by atomic mass is 9.89. The highest BCUT2D eigenvalue weighted by molar-refractivity contribution is 6.14. The molecule has 0 aromatic heterocycles. The first-order valence-electron chi connectivity index (χ1n) is 9.97. The molecule has 0 spiro atoms. The molecule has 0 fully saturated rings. The Kier molecular flexibility index (Phi) is 4.52. The lowest BCUT2D eigenvalue weighted by Crippen LogP contribution is -2.30. The predicted molar refractivity (Wildman–Crippen MR) is 117 cm³/mol. The molecular weight excluding hydrogens is 396 g/mol. The van der Waals surface area contributed by atoms with Crippen LogP contribution in [-0.2, 0) is 6.42 Å². The van der Waals surface area contributed by atoms with E-state index in [1.54, 1.807) is 37.4 Å². The van der Waals surface area contributed by atoms with E-state index in [1.807, 2.05) is 18.2 Å². The van der Waals surface area contributed by atoms with E-state index < -0.39 is 12.2 Å². The second-order valence-corrected chi connectivity index (χ2v) is 7.66. The summed E-state index contributed by atoms with van der Waals surface area (Å²) in [7, 11) is 3.06. The summed E-state index contributed by atoms with van der Waals surface area (Å²) in [6, 6.07) is 16.0. The first-order valence-corrected chi connectivity index (χ1v) is 9.97.